The highest BCUT2D eigenvalue weighted by Crippen LogP contribution is 2.22. The zero-order chi connectivity index (χ0) is 22.6. The van der Waals surface area contributed by atoms with E-state index in [0.29, 0.717) is 22.7 Å². The summed E-state index contributed by atoms with van der Waals surface area (Å²) in [6, 6.07) is 10.7. The van der Waals surface area contributed by atoms with Crippen molar-refractivity contribution in [1.82, 2.24) is 24.7 Å². The maximum atomic E-state index is 12.5. The molecular weight excluding hydrogens is 458 g/mol. The standard InChI is InChI=1S/C24H26ClN5O2S/c25-20-11-19(12-26-13-20)17-32-22-3-1-18(2-4-22)14-28-15-21(16-28)29-6-8-30(9-7-29)24(31)23-27-5-10-33-23/h1-5,10-13,21H,6-9,14-17H2. The number of thiazole rings is 1. The van der Waals surface area contributed by atoms with E-state index in [1.165, 1.54) is 16.9 Å². The smallest absolute Gasteiger partial charge is 0.282 e. The van der Waals surface area contributed by atoms with E-state index >= 15 is 0 Å². The first-order valence-corrected chi connectivity index (χ1v) is 12.4. The van der Waals surface area contributed by atoms with Crippen molar-refractivity contribution < 1.29 is 9.53 Å². The van der Waals surface area contributed by atoms with Crippen molar-refractivity contribution in [1.29, 1.82) is 0 Å². The molecule has 0 radical (unpaired) electrons. The summed E-state index contributed by atoms with van der Waals surface area (Å²) >= 11 is 7.38. The molecule has 1 aromatic carbocycles. The number of nitrogens with zero attached hydrogens (tertiary/aromatic N) is 5. The molecule has 5 rings (SSSR count). The Morgan fingerprint density at radius 3 is 2.58 bits per heavy atom. The number of piperazine rings is 1. The second kappa shape index (κ2) is 10.2. The Kier molecular flexibility index (Phi) is 6.87. The number of hydrogen-bond acceptors (Lipinski definition) is 7. The number of hydrogen-bond donors (Lipinski definition) is 0. The van der Waals surface area contributed by atoms with Crippen molar-refractivity contribution in [2.45, 2.75) is 19.2 Å². The van der Waals surface area contributed by atoms with Gasteiger partial charge in [-0.25, -0.2) is 4.98 Å². The summed E-state index contributed by atoms with van der Waals surface area (Å²) in [5, 5.41) is 3.06. The lowest BCUT2D eigenvalue weighted by Crippen LogP contribution is -2.63. The molecule has 2 saturated heterocycles. The molecule has 0 spiro atoms. The minimum Gasteiger partial charge on any atom is -0.489 e. The van der Waals surface area contributed by atoms with Gasteiger partial charge in [-0.1, -0.05) is 23.7 Å². The molecule has 0 unspecified atom stereocenters. The van der Waals surface area contributed by atoms with Crippen LogP contribution in [0.5, 0.6) is 5.75 Å². The molecule has 3 aromatic rings. The van der Waals surface area contributed by atoms with E-state index in [9.17, 15) is 4.79 Å². The van der Waals surface area contributed by atoms with Crippen LogP contribution in [-0.2, 0) is 13.2 Å². The highest BCUT2D eigenvalue weighted by atomic mass is 35.5. The average molecular weight is 484 g/mol. The summed E-state index contributed by atoms with van der Waals surface area (Å²) in [7, 11) is 0. The maximum Gasteiger partial charge on any atom is 0.282 e. The number of aromatic nitrogens is 2. The fourth-order valence-corrected chi connectivity index (χ4v) is 5.11. The topological polar surface area (TPSA) is 61.8 Å². The van der Waals surface area contributed by atoms with Gasteiger partial charge in [0.2, 0.25) is 0 Å². The average Bonchev–Trinajstić information content (AvgIpc) is 3.35. The first-order chi connectivity index (χ1) is 16.1. The van der Waals surface area contributed by atoms with Crippen molar-refractivity contribution in [3.63, 3.8) is 0 Å². The summed E-state index contributed by atoms with van der Waals surface area (Å²) in [6.45, 7) is 6.96. The zero-order valence-electron chi connectivity index (χ0n) is 18.3. The zero-order valence-corrected chi connectivity index (χ0v) is 19.8. The highest BCUT2D eigenvalue weighted by molar-refractivity contribution is 7.11. The molecule has 2 fully saturated rings. The Balaban J connectivity index is 1.03. The van der Waals surface area contributed by atoms with E-state index in [1.54, 1.807) is 18.6 Å². The Morgan fingerprint density at radius 2 is 1.88 bits per heavy atom. The summed E-state index contributed by atoms with van der Waals surface area (Å²) < 4.78 is 5.84. The molecule has 172 valence electrons. The van der Waals surface area contributed by atoms with Crippen LogP contribution < -0.4 is 4.74 Å². The van der Waals surface area contributed by atoms with Crippen LogP contribution in [0.3, 0.4) is 0 Å². The second-order valence-corrected chi connectivity index (χ2v) is 9.79. The maximum absolute atomic E-state index is 12.5. The van der Waals surface area contributed by atoms with E-state index in [1.807, 2.05) is 28.5 Å². The minimum atomic E-state index is 0.0662. The van der Waals surface area contributed by atoms with E-state index in [-0.39, 0.29) is 5.91 Å². The molecule has 7 nitrogen and oxygen atoms in total. The molecule has 0 aliphatic carbocycles. The van der Waals surface area contributed by atoms with Crippen LogP contribution in [0.2, 0.25) is 5.02 Å². The third kappa shape index (κ3) is 5.52. The quantitative estimate of drug-likeness (QED) is 0.513. The second-order valence-electron chi connectivity index (χ2n) is 8.46. The van der Waals surface area contributed by atoms with E-state index in [4.69, 9.17) is 16.3 Å². The summed E-state index contributed by atoms with van der Waals surface area (Å²) in [6.07, 6.45) is 5.07. The van der Waals surface area contributed by atoms with Crippen LogP contribution in [-0.4, -0.2) is 75.9 Å². The number of likely N-dealkylation sites (tertiary alicyclic amines) is 1. The number of rotatable bonds is 7. The third-order valence-corrected chi connectivity index (χ3v) is 7.14. The Bertz CT molecular complexity index is 1060. The van der Waals surface area contributed by atoms with Crippen molar-refractivity contribution in [2.24, 2.45) is 0 Å². The van der Waals surface area contributed by atoms with Gasteiger partial charge in [-0.15, -0.1) is 11.3 Å². The predicted octanol–water partition coefficient (Wildman–Crippen LogP) is 3.41. The van der Waals surface area contributed by atoms with Gasteiger partial charge in [0, 0.05) is 81.4 Å². The van der Waals surface area contributed by atoms with Gasteiger partial charge in [0.05, 0.1) is 5.02 Å². The van der Waals surface area contributed by atoms with Gasteiger partial charge in [-0.2, -0.15) is 0 Å². The van der Waals surface area contributed by atoms with E-state index in [2.05, 4.69) is 31.9 Å². The van der Waals surface area contributed by atoms with Gasteiger partial charge in [-0.05, 0) is 23.8 Å². The van der Waals surface area contributed by atoms with Gasteiger partial charge < -0.3 is 9.64 Å². The molecule has 1 amide bonds. The molecule has 0 bridgehead atoms. The van der Waals surface area contributed by atoms with Gasteiger partial charge in [0.25, 0.3) is 5.91 Å². The number of carbonyl (C=O) groups excluding carboxylic acids is 1. The van der Waals surface area contributed by atoms with Gasteiger partial charge in [-0.3, -0.25) is 19.6 Å². The molecular formula is C24H26ClN5O2S. The van der Waals surface area contributed by atoms with E-state index in [0.717, 1.165) is 57.1 Å². The Labute approximate surface area is 202 Å². The number of carbonyl (C=O) groups is 1. The number of amides is 1. The predicted molar refractivity (Wildman–Crippen MR) is 129 cm³/mol. The fraction of sp³-hybridized carbons (Fsp3) is 0.375. The molecule has 9 heteroatoms. The fourth-order valence-electron chi connectivity index (χ4n) is 4.31. The van der Waals surface area contributed by atoms with Crippen molar-refractivity contribution in [3.8, 4) is 5.75 Å². The van der Waals surface area contributed by atoms with Crippen LogP contribution >= 0.6 is 22.9 Å². The Morgan fingerprint density at radius 1 is 1.09 bits per heavy atom. The van der Waals surface area contributed by atoms with Crippen molar-refractivity contribution in [2.75, 3.05) is 39.3 Å². The number of pyridine rings is 1. The van der Waals surface area contributed by atoms with Crippen LogP contribution in [0, 0.1) is 0 Å². The lowest BCUT2D eigenvalue weighted by Gasteiger charge is -2.48. The van der Waals surface area contributed by atoms with Crippen molar-refractivity contribution >= 4 is 28.8 Å². The lowest BCUT2D eigenvalue weighted by molar-refractivity contribution is 0.00257. The number of benzene rings is 1. The number of ether oxygens (including phenoxy) is 1. The highest BCUT2D eigenvalue weighted by Gasteiger charge is 2.34. The first kappa shape index (κ1) is 22.3. The van der Waals surface area contributed by atoms with Gasteiger partial charge in [0.15, 0.2) is 5.01 Å². The van der Waals surface area contributed by atoms with Crippen LogP contribution in [0.25, 0.3) is 0 Å². The molecule has 2 aliphatic rings. The SMILES string of the molecule is O=C(c1nccs1)N1CCN(C2CN(Cc3ccc(OCc4cncc(Cl)c4)cc3)C2)CC1. The van der Waals surface area contributed by atoms with Gasteiger partial charge >= 0.3 is 0 Å². The number of halogens is 1. The molecule has 2 aliphatic heterocycles. The molecule has 2 aromatic heterocycles. The molecule has 33 heavy (non-hydrogen) atoms. The molecule has 4 heterocycles. The van der Waals surface area contributed by atoms with Crippen molar-refractivity contribution in [3.05, 3.63) is 75.5 Å². The monoisotopic (exact) mass is 483 g/mol. The summed E-state index contributed by atoms with van der Waals surface area (Å²) in [5.74, 6) is 0.905. The molecule has 0 atom stereocenters. The molecule has 0 saturated carbocycles. The van der Waals surface area contributed by atoms with E-state index < -0.39 is 0 Å². The minimum absolute atomic E-state index is 0.0662. The van der Waals surface area contributed by atoms with Gasteiger partial charge in [0.1, 0.15) is 12.4 Å². The van der Waals surface area contributed by atoms with Crippen LogP contribution in [0.15, 0.2) is 54.3 Å². The lowest BCUT2D eigenvalue weighted by atomic mass is 10.0. The third-order valence-electron chi connectivity index (χ3n) is 6.17. The Hall–Kier alpha value is -2.52. The largest absolute Gasteiger partial charge is 0.489 e. The molecule has 0 N–H and O–H groups in total. The van der Waals surface area contributed by atoms with Crippen LogP contribution in [0.1, 0.15) is 20.9 Å². The summed E-state index contributed by atoms with van der Waals surface area (Å²) in [5.41, 5.74) is 2.23. The van der Waals surface area contributed by atoms with Crippen LogP contribution in [0.4, 0.5) is 0 Å². The first-order valence-electron chi connectivity index (χ1n) is 11.1. The summed E-state index contributed by atoms with van der Waals surface area (Å²) in [4.78, 5) is 27.6. The normalized spacial score (nSPS) is 17.7.